The van der Waals surface area contributed by atoms with Crippen LogP contribution >= 0.6 is 0 Å². The van der Waals surface area contributed by atoms with Gasteiger partial charge in [0.05, 0.1) is 29.8 Å². The summed E-state index contributed by atoms with van der Waals surface area (Å²) in [6.45, 7) is 1.82. The number of alkyl halides is 3. The quantitative estimate of drug-likeness (QED) is 0.762. The SMILES string of the molecule is FC(F)(F)c1ccn2c(-c3cncc(NC4CCNC4)n3)cnc2c1. The molecule has 9 heteroatoms. The third-order valence-corrected chi connectivity index (χ3v) is 4.15. The Labute approximate surface area is 141 Å². The van der Waals surface area contributed by atoms with Gasteiger partial charge < -0.3 is 10.6 Å². The van der Waals surface area contributed by atoms with Crippen LogP contribution in [0.4, 0.5) is 19.0 Å². The van der Waals surface area contributed by atoms with Gasteiger partial charge >= 0.3 is 6.18 Å². The van der Waals surface area contributed by atoms with Crippen LogP contribution < -0.4 is 10.6 Å². The molecule has 4 rings (SSSR count). The molecule has 1 aliphatic rings. The number of anilines is 1. The molecule has 25 heavy (non-hydrogen) atoms. The summed E-state index contributed by atoms with van der Waals surface area (Å²) in [6.07, 6.45) is 2.66. The lowest BCUT2D eigenvalue weighted by Crippen LogP contribution is -2.22. The number of halogens is 3. The zero-order valence-electron chi connectivity index (χ0n) is 13.1. The Hall–Kier alpha value is -2.68. The highest BCUT2D eigenvalue weighted by atomic mass is 19.4. The van der Waals surface area contributed by atoms with E-state index >= 15 is 0 Å². The number of hydrogen-bond acceptors (Lipinski definition) is 5. The second kappa shape index (κ2) is 5.99. The molecule has 0 amide bonds. The summed E-state index contributed by atoms with van der Waals surface area (Å²) in [5.41, 5.74) is 0.616. The van der Waals surface area contributed by atoms with Crippen LogP contribution in [0.2, 0.25) is 0 Å². The number of pyridine rings is 1. The smallest absolute Gasteiger partial charge is 0.365 e. The first kappa shape index (κ1) is 15.8. The summed E-state index contributed by atoms with van der Waals surface area (Å²) >= 11 is 0. The standard InChI is InChI=1S/C16H15F3N6/c17-16(18,19)10-2-4-25-13(8-22-15(25)5-10)12-7-21-9-14(24-12)23-11-1-3-20-6-11/h2,4-5,7-9,11,20H,1,3,6H2,(H,23,24). The monoisotopic (exact) mass is 348 g/mol. The predicted molar refractivity (Wildman–Crippen MR) is 86.1 cm³/mol. The lowest BCUT2D eigenvalue weighted by Gasteiger charge is -2.12. The van der Waals surface area contributed by atoms with Gasteiger partial charge in [-0.25, -0.2) is 9.97 Å². The van der Waals surface area contributed by atoms with Gasteiger partial charge in [-0.3, -0.25) is 9.38 Å². The van der Waals surface area contributed by atoms with Crippen LogP contribution in [0.1, 0.15) is 12.0 Å². The lowest BCUT2D eigenvalue weighted by molar-refractivity contribution is -0.137. The molecule has 0 spiro atoms. The predicted octanol–water partition coefficient (Wildman–Crippen LogP) is 2.58. The Kier molecular flexibility index (Phi) is 3.79. The van der Waals surface area contributed by atoms with E-state index in [0.717, 1.165) is 31.6 Å². The minimum absolute atomic E-state index is 0.213. The topological polar surface area (TPSA) is 67.1 Å². The molecule has 0 radical (unpaired) electrons. The van der Waals surface area contributed by atoms with Gasteiger partial charge in [0.25, 0.3) is 0 Å². The Morgan fingerprint density at radius 2 is 2.12 bits per heavy atom. The number of nitrogens with one attached hydrogen (secondary N) is 2. The van der Waals surface area contributed by atoms with Gasteiger partial charge in [0.1, 0.15) is 17.2 Å². The summed E-state index contributed by atoms with van der Waals surface area (Å²) in [7, 11) is 0. The molecule has 3 aromatic rings. The van der Waals surface area contributed by atoms with Crippen molar-refractivity contribution in [3.63, 3.8) is 0 Å². The second-order valence-corrected chi connectivity index (χ2v) is 5.91. The fourth-order valence-electron chi connectivity index (χ4n) is 2.89. The maximum Gasteiger partial charge on any atom is 0.416 e. The van der Waals surface area contributed by atoms with Crippen molar-refractivity contribution in [1.82, 2.24) is 24.7 Å². The number of nitrogens with zero attached hydrogens (tertiary/aromatic N) is 4. The van der Waals surface area contributed by atoms with Crippen molar-refractivity contribution >= 4 is 11.5 Å². The van der Waals surface area contributed by atoms with Crippen LogP contribution in [0.15, 0.2) is 36.9 Å². The van der Waals surface area contributed by atoms with E-state index < -0.39 is 11.7 Å². The molecule has 0 aliphatic carbocycles. The van der Waals surface area contributed by atoms with Crippen LogP contribution in [0.25, 0.3) is 17.0 Å². The number of hydrogen-bond donors (Lipinski definition) is 2. The van der Waals surface area contributed by atoms with E-state index in [2.05, 4.69) is 25.6 Å². The average Bonchev–Trinajstić information content (AvgIpc) is 3.23. The highest BCUT2D eigenvalue weighted by molar-refractivity contribution is 5.61. The van der Waals surface area contributed by atoms with Gasteiger partial charge in [-0.15, -0.1) is 0 Å². The van der Waals surface area contributed by atoms with Crippen LogP contribution in [0.3, 0.4) is 0 Å². The molecule has 1 aliphatic heterocycles. The molecular weight excluding hydrogens is 333 g/mol. The lowest BCUT2D eigenvalue weighted by atomic mass is 10.2. The number of imidazole rings is 1. The van der Waals surface area contributed by atoms with E-state index in [1.165, 1.54) is 12.4 Å². The summed E-state index contributed by atoms with van der Waals surface area (Å²) < 4.78 is 40.0. The Morgan fingerprint density at radius 3 is 2.88 bits per heavy atom. The van der Waals surface area contributed by atoms with Crippen molar-refractivity contribution in [1.29, 1.82) is 0 Å². The van der Waals surface area contributed by atoms with E-state index in [1.807, 2.05) is 0 Å². The third-order valence-electron chi connectivity index (χ3n) is 4.15. The van der Waals surface area contributed by atoms with Crippen LogP contribution in [-0.2, 0) is 6.18 Å². The molecule has 130 valence electrons. The summed E-state index contributed by atoms with van der Waals surface area (Å²) in [5, 5.41) is 6.57. The maximum absolute atomic E-state index is 12.8. The van der Waals surface area contributed by atoms with Gasteiger partial charge in [0.2, 0.25) is 0 Å². The van der Waals surface area contributed by atoms with Crippen molar-refractivity contribution in [2.45, 2.75) is 18.6 Å². The van der Waals surface area contributed by atoms with Gasteiger partial charge in [-0.1, -0.05) is 0 Å². The maximum atomic E-state index is 12.8. The van der Waals surface area contributed by atoms with E-state index in [4.69, 9.17) is 0 Å². The van der Waals surface area contributed by atoms with Crippen molar-refractivity contribution in [2.75, 3.05) is 18.4 Å². The number of aromatic nitrogens is 4. The van der Waals surface area contributed by atoms with E-state index in [1.54, 1.807) is 16.8 Å². The molecule has 6 nitrogen and oxygen atoms in total. The number of fused-ring (bicyclic) bond motifs is 1. The Balaban J connectivity index is 1.67. The largest absolute Gasteiger partial charge is 0.416 e. The van der Waals surface area contributed by atoms with Gasteiger partial charge in [0.15, 0.2) is 0 Å². The summed E-state index contributed by atoms with van der Waals surface area (Å²) in [5.74, 6) is 0.632. The Morgan fingerprint density at radius 1 is 1.24 bits per heavy atom. The zero-order chi connectivity index (χ0) is 17.4. The van der Waals surface area contributed by atoms with Crippen molar-refractivity contribution in [2.24, 2.45) is 0 Å². The van der Waals surface area contributed by atoms with E-state index in [0.29, 0.717) is 23.2 Å². The zero-order valence-corrected chi connectivity index (χ0v) is 13.1. The summed E-state index contributed by atoms with van der Waals surface area (Å²) in [4.78, 5) is 12.8. The fraction of sp³-hybridized carbons (Fsp3) is 0.312. The molecule has 1 atom stereocenters. The first-order chi connectivity index (χ1) is 12.0. The van der Waals surface area contributed by atoms with Crippen molar-refractivity contribution < 1.29 is 13.2 Å². The van der Waals surface area contributed by atoms with Crippen molar-refractivity contribution in [3.8, 4) is 11.4 Å². The normalized spacial score (nSPS) is 18.0. The minimum atomic E-state index is -4.40. The van der Waals surface area contributed by atoms with Gasteiger partial charge in [0, 0.05) is 18.8 Å². The molecule has 0 bridgehead atoms. The van der Waals surface area contributed by atoms with Crippen molar-refractivity contribution in [3.05, 3.63) is 42.5 Å². The first-order valence-electron chi connectivity index (χ1n) is 7.85. The highest BCUT2D eigenvalue weighted by Gasteiger charge is 2.31. The fourth-order valence-corrected chi connectivity index (χ4v) is 2.89. The average molecular weight is 348 g/mol. The molecule has 1 unspecified atom stereocenters. The molecule has 1 fully saturated rings. The molecule has 4 heterocycles. The van der Waals surface area contributed by atoms with Crippen LogP contribution in [0.5, 0.6) is 0 Å². The third kappa shape index (κ3) is 3.14. The van der Waals surface area contributed by atoms with Gasteiger partial charge in [-0.05, 0) is 25.1 Å². The highest BCUT2D eigenvalue weighted by Crippen LogP contribution is 2.30. The molecule has 2 N–H and O–H groups in total. The first-order valence-corrected chi connectivity index (χ1v) is 7.85. The van der Waals surface area contributed by atoms with Crippen LogP contribution in [-0.4, -0.2) is 38.5 Å². The summed E-state index contributed by atoms with van der Waals surface area (Å²) in [6, 6.07) is 2.34. The molecular formula is C16H15F3N6. The van der Waals surface area contributed by atoms with E-state index in [-0.39, 0.29) is 5.65 Å². The number of rotatable bonds is 3. The minimum Gasteiger partial charge on any atom is -0.365 e. The van der Waals surface area contributed by atoms with E-state index in [9.17, 15) is 13.2 Å². The Bertz CT molecular complexity index is 898. The molecule has 0 saturated carbocycles. The molecule has 3 aromatic heterocycles. The molecule has 1 saturated heterocycles. The van der Waals surface area contributed by atoms with Gasteiger partial charge in [-0.2, -0.15) is 13.2 Å². The van der Waals surface area contributed by atoms with Crippen LogP contribution in [0, 0.1) is 0 Å². The molecule has 0 aromatic carbocycles. The second-order valence-electron chi connectivity index (χ2n) is 5.91.